The van der Waals surface area contributed by atoms with Gasteiger partial charge in [-0.25, -0.2) is 4.98 Å². The number of ether oxygens (including phenoxy) is 1. The third-order valence-corrected chi connectivity index (χ3v) is 5.26. The van der Waals surface area contributed by atoms with Crippen molar-refractivity contribution in [3.05, 3.63) is 53.6 Å². The maximum absolute atomic E-state index is 13.5. The molecule has 1 aromatic carbocycles. The Morgan fingerprint density at radius 2 is 2.04 bits per heavy atom. The van der Waals surface area contributed by atoms with Crippen LogP contribution in [0.4, 0.5) is 10.1 Å². The Morgan fingerprint density at radius 1 is 1.21 bits per heavy atom. The van der Waals surface area contributed by atoms with Crippen LogP contribution in [-0.2, 0) is 0 Å². The van der Waals surface area contributed by atoms with E-state index in [0.717, 1.165) is 26.2 Å². The molecular weight excluding hydrogens is 377 g/mol. The lowest BCUT2D eigenvalue weighted by atomic mass is 10.1. The average molecular weight is 399 g/mol. The summed E-state index contributed by atoms with van der Waals surface area (Å²) >= 11 is 5.51. The van der Waals surface area contributed by atoms with Gasteiger partial charge in [-0.05, 0) is 49.0 Å². The highest BCUT2D eigenvalue weighted by molar-refractivity contribution is 7.80. The fourth-order valence-corrected chi connectivity index (χ4v) is 3.64. The van der Waals surface area contributed by atoms with E-state index >= 15 is 0 Å². The predicted molar refractivity (Wildman–Crippen MR) is 112 cm³/mol. The number of thiocarbonyl (C=S) groups is 1. The number of fused-ring (bicyclic) bond motifs is 1. The molecule has 1 fully saturated rings. The van der Waals surface area contributed by atoms with Crippen molar-refractivity contribution in [3.8, 4) is 5.75 Å². The second-order valence-corrected chi connectivity index (χ2v) is 7.25. The van der Waals surface area contributed by atoms with Crippen LogP contribution < -0.4 is 15.1 Å². The summed E-state index contributed by atoms with van der Waals surface area (Å²) in [6.45, 7) is 6.01. The van der Waals surface area contributed by atoms with E-state index in [1.165, 1.54) is 17.3 Å². The van der Waals surface area contributed by atoms with E-state index in [1.54, 1.807) is 6.07 Å². The number of nitrogens with zero attached hydrogens (tertiary/aromatic N) is 4. The number of aryl methyl sites for hydroxylation is 1. The van der Waals surface area contributed by atoms with Gasteiger partial charge in [0.2, 0.25) is 5.95 Å². The highest BCUT2D eigenvalue weighted by Crippen LogP contribution is 2.23. The number of pyridine rings is 1. The average Bonchev–Trinajstić information content (AvgIpc) is 2.72. The van der Waals surface area contributed by atoms with Crippen molar-refractivity contribution in [1.29, 1.82) is 0 Å². The van der Waals surface area contributed by atoms with E-state index in [0.29, 0.717) is 35.3 Å². The van der Waals surface area contributed by atoms with Crippen LogP contribution >= 0.6 is 12.2 Å². The molecule has 0 atom stereocenters. The van der Waals surface area contributed by atoms with E-state index in [1.807, 2.05) is 0 Å². The van der Waals surface area contributed by atoms with Crippen molar-refractivity contribution in [1.82, 2.24) is 15.3 Å². The smallest absolute Gasteiger partial charge is 0.213 e. The maximum Gasteiger partial charge on any atom is 0.213 e. The van der Waals surface area contributed by atoms with Crippen LogP contribution in [0.15, 0.2) is 41.5 Å². The second kappa shape index (κ2) is 8.10. The molecule has 2 aliphatic heterocycles. The van der Waals surface area contributed by atoms with E-state index in [-0.39, 0.29) is 0 Å². The Hall–Kier alpha value is -2.74. The molecule has 4 rings (SSSR count). The molecule has 3 heterocycles. The number of rotatable bonds is 2. The summed E-state index contributed by atoms with van der Waals surface area (Å²) < 4.78 is 19.0. The van der Waals surface area contributed by atoms with Crippen molar-refractivity contribution < 1.29 is 9.13 Å². The SMILES string of the molecule is Cc1cccc(N2CCN(C(=S)N/N=C3/CCOc4ccc(F)nc43)CC2)c1. The summed E-state index contributed by atoms with van der Waals surface area (Å²) in [6, 6.07) is 11.4. The summed E-state index contributed by atoms with van der Waals surface area (Å²) in [7, 11) is 0. The molecule has 0 aliphatic carbocycles. The Balaban J connectivity index is 1.37. The largest absolute Gasteiger partial charge is 0.491 e. The molecule has 146 valence electrons. The molecule has 2 aromatic rings. The van der Waals surface area contributed by atoms with Crippen molar-refractivity contribution >= 4 is 28.7 Å². The van der Waals surface area contributed by atoms with Crippen molar-refractivity contribution in [2.45, 2.75) is 13.3 Å². The highest BCUT2D eigenvalue weighted by atomic mass is 32.1. The monoisotopic (exact) mass is 399 g/mol. The fourth-order valence-electron chi connectivity index (χ4n) is 3.41. The van der Waals surface area contributed by atoms with Gasteiger partial charge in [-0.15, -0.1) is 0 Å². The number of aromatic nitrogens is 1. The summed E-state index contributed by atoms with van der Waals surface area (Å²) in [5.41, 5.74) is 6.55. The fraction of sp³-hybridized carbons (Fsp3) is 0.350. The van der Waals surface area contributed by atoms with Gasteiger partial charge >= 0.3 is 0 Å². The Kier molecular flexibility index (Phi) is 5.38. The van der Waals surface area contributed by atoms with Crippen LogP contribution in [-0.4, -0.2) is 53.5 Å². The third kappa shape index (κ3) is 4.06. The number of halogens is 1. The zero-order valence-electron chi connectivity index (χ0n) is 15.7. The molecular formula is C20H22FN5OS. The number of piperazine rings is 1. The lowest BCUT2D eigenvalue weighted by molar-refractivity contribution is 0.316. The number of anilines is 1. The molecule has 1 saturated heterocycles. The number of hydrogen-bond donors (Lipinski definition) is 1. The molecule has 2 aliphatic rings. The van der Waals surface area contributed by atoms with Crippen LogP contribution in [0.3, 0.4) is 0 Å². The van der Waals surface area contributed by atoms with E-state index in [4.69, 9.17) is 17.0 Å². The zero-order valence-corrected chi connectivity index (χ0v) is 16.5. The normalized spacial score (nSPS) is 17.9. The third-order valence-electron chi connectivity index (χ3n) is 4.91. The first kappa shape index (κ1) is 18.6. The zero-order chi connectivity index (χ0) is 19.5. The van der Waals surface area contributed by atoms with Gasteiger partial charge in [0.25, 0.3) is 0 Å². The van der Waals surface area contributed by atoms with Gasteiger partial charge in [-0.2, -0.15) is 9.49 Å². The van der Waals surface area contributed by atoms with E-state index in [2.05, 4.69) is 56.5 Å². The van der Waals surface area contributed by atoms with Crippen molar-refractivity contribution in [2.75, 3.05) is 37.7 Å². The molecule has 28 heavy (non-hydrogen) atoms. The Labute approximate surface area is 169 Å². The summed E-state index contributed by atoms with van der Waals surface area (Å²) in [5.74, 6) is -0.00214. The van der Waals surface area contributed by atoms with Gasteiger partial charge in [0.15, 0.2) is 5.11 Å². The highest BCUT2D eigenvalue weighted by Gasteiger charge is 2.21. The lowest BCUT2D eigenvalue weighted by Crippen LogP contribution is -2.51. The molecule has 0 radical (unpaired) electrons. The second-order valence-electron chi connectivity index (χ2n) is 6.87. The number of benzene rings is 1. The van der Waals surface area contributed by atoms with Crippen LogP contribution in [0.2, 0.25) is 0 Å². The van der Waals surface area contributed by atoms with Gasteiger partial charge < -0.3 is 14.5 Å². The first-order chi connectivity index (χ1) is 13.6. The van der Waals surface area contributed by atoms with Crippen LogP contribution in [0.1, 0.15) is 17.7 Å². The molecule has 6 nitrogen and oxygen atoms in total. The molecule has 0 amide bonds. The van der Waals surface area contributed by atoms with Gasteiger partial charge in [0.1, 0.15) is 11.4 Å². The van der Waals surface area contributed by atoms with E-state index < -0.39 is 5.95 Å². The number of nitrogens with one attached hydrogen (secondary N) is 1. The lowest BCUT2D eigenvalue weighted by Gasteiger charge is -2.37. The molecule has 0 bridgehead atoms. The number of hydrazone groups is 1. The Morgan fingerprint density at radius 3 is 2.82 bits per heavy atom. The minimum absolute atomic E-state index is 0.436. The molecule has 1 aromatic heterocycles. The van der Waals surface area contributed by atoms with Gasteiger partial charge in [-0.3, -0.25) is 5.43 Å². The van der Waals surface area contributed by atoms with Crippen LogP contribution in [0.25, 0.3) is 0 Å². The predicted octanol–water partition coefficient (Wildman–Crippen LogP) is 2.71. The van der Waals surface area contributed by atoms with Crippen molar-refractivity contribution in [2.24, 2.45) is 5.10 Å². The standard InChI is InChI=1S/C20H22FN5OS/c1-14-3-2-4-15(13-14)25-8-10-26(11-9-25)20(28)24-23-16-7-12-27-17-5-6-18(21)22-19(16)17/h2-6,13H,7-12H2,1H3,(H,24,28)/b23-16-. The molecule has 0 spiro atoms. The van der Waals surface area contributed by atoms with Gasteiger partial charge in [-0.1, -0.05) is 12.1 Å². The summed E-state index contributed by atoms with van der Waals surface area (Å²) in [4.78, 5) is 8.37. The topological polar surface area (TPSA) is 53.0 Å². The summed E-state index contributed by atoms with van der Waals surface area (Å²) in [5, 5.41) is 4.96. The van der Waals surface area contributed by atoms with Crippen molar-refractivity contribution in [3.63, 3.8) is 0 Å². The van der Waals surface area contributed by atoms with Gasteiger partial charge in [0.05, 0.1) is 12.3 Å². The maximum atomic E-state index is 13.5. The van der Waals surface area contributed by atoms with Gasteiger partial charge in [0, 0.05) is 38.3 Å². The molecule has 1 N–H and O–H groups in total. The minimum atomic E-state index is -0.549. The minimum Gasteiger partial charge on any atom is -0.491 e. The number of hydrogen-bond acceptors (Lipinski definition) is 5. The first-order valence-corrected chi connectivity index (χ1v) is 9.74. The first-order valence-electron chi connectivity index (χ1n) is 9.33. The molecule has 8 heteroatoms. The van der Waals surface area contributed by atoms with E-state index in [9.17, 15) is 4.39 Å². The summed E-state index contributed by atoms with van der Waals surface area (Å²) in [6.07, 6.45) is 0.556. The molecule has 0 saturated carbocycles. The van der Waals surface area contributed by atoms with Crippen LogP contribution in [0, 0.1) is 12.9 Å². The molecule has 0 unspecified atom stereocenters. The van der Waals surface area contributed by atoms with Crippen LogP contribution in [0.5, 0.6) is 5.75 Å². The Bertz CT molecular complexity index is 911. The quantitative estimate of drug-likeness (QED) is 0.476.